The highest BCUT2D eigenvalue weighted by Crippen LogP contribution is 2.22. The Labute approximate surface area is 155 Å². The van der Waals surface area contributed by atoms with Crippen molar-refractivity contribution in [2.24, 2.45) is 0 Å². The van der Waals surface area contributed by atoms with Gasteiger partial charge in [0.25, 0.3) is 5.82 Å². The lowest BCUT2D eigenvalue weighted by Crippen LogP contribution is -3.12. The lowest BCUT2D eigenvalue weighted by molar-refractivity contribution is -0.883. The average Bonchev–Trinajstić information content (AvgIpc) is 2.68. The number of aromatic amines is 1. The molecule has 0 spiro atoms. The molecule has 1 aromatic heterocycles. The highest BCUT2D eigenvalue weighted by atomic mass is 32.2. The Morgan fingerprint density at radius 2 is 1.73 bits per heavy atom. The highest BCUT2D eigenvalue weighted by Gasteiger charge is 2.30. The normalized spacial score (nSPS) is 19.3. The summed E-state index contributed by atoms with van der Waals surface area (Å²) in [5.74, 6) is 0.960. The highest BCUT2D eigenvalue weighted by molar-refractivity contribution is 7.89. The Bertz CT molecular complexity index is 875. The number of fused-ring (bicyclic) bond motifs is 1. The molecule has 2 aliphatic heterocycles. The average molecular weight is 375 g/mol. The van der Waals surface area contributed by atoms with E-state index >= 15 is 0 Å². The van der Waals surface area contributed by atoms with Crippen LogP contribution in [-0.2, 0) is 23.0 Å². The number of piperazine rings is 1. The lowest BCUT2D eigenvalue weighted by Gasteiger charge is -2.29. The van der Waals surface area contributed by atoms with Gasteiger partial charge in [0.1, 0.15) is 17.6 Å². The predicted octanol–water partition coefficient (Wildman–Crippen LogP) is -0.418. The van der Waals surface area contributed by atoms with Gasteiger partial charge in [0.15, 0.2) is 0 Å². The minimum absolute atomic E-state index is 0.346. The van der Waals surface area contributed by atoms with E-state index in [1.165, 1.54) is 16.0 Å². The minimum Gasteiger partial charge on any atom is -0.335 e. The number of benzene rings is 1. The number of nitrogens with zero attached hydrogens (tertiary/aromatic N) is 2. The van der Waals surface area contributed by atoms with Crippen molar-refractivity contribution < 1.29 is 18.3 Å². The Kier molecular flexibility index (Phi) is 4.69. The van der Waals surface area contributed by atoms with Crippen molar-refractivity contribution in [3.8, 4) is 0 Å². The largest absolute Gasteiger partial charge is 0.335 e. The molecule has 2 N–H and O–H groups in total. The standard InChI is InChI=1S/C19H24N4O2S/c1-21-10-12-23(13-11-21)26(24,25)18-6-7-19(20-14-18)22-9-8-16-4-2-3-5-17(16)15-22/h2-7,14H,8-13,15H2,1H3/p+2. The molecule has 0 bridgehead atoms. The first-order valence-electron chi connectivity index (χ1n) is 9.19. The first kappa shape index (κ1) is 17.5. The SMILES string of the molecule is C[NH+]1CCN(S(=O)(=O)c2ccc(N3CCc4ccccc4C3)[nH+]c2)CC1. The summed E-state index contributed by atoms with van der Waals surface area (Å²) in [5, 5.41) is 0. The van der Waals surface area contributed by atoms with Crippen molar-refractivity contribution in [3.63, 3.8) is 0 Å². The quantitative estimate of drug-likeness (QED) is 0.794. The number of hydrogen-bond donors (Lipinski definition) is 1. The number of quaternary nitrogens is 1. The number of aromatic nitrogens is 1. The van der Waals surface area contributed by atoms with Crippen LogP contribution in [0.4, 0.5) is 5.82 Å². The van der Waals surface area contributed by atoms with Crippen molar-refractivity contribution in [1.29, 1.82) is 0 Å². The topological polar surface area (TPSA) is 59.2 Å². The van der Waals surface area contributed by atoms with Crippen molar-refractivity contribution in [3.05, 3.63) is 53.7 Å². The summed E-state index contributed by atoms with van der Waals surface area (Å²) in [6.07, 6.45) is 2.64. The molecule has 2 aromatic rings. The number of nitrogens with one attached hydrogen (secondary N) is 2. The zero-order chi connectivity index (χ0) is 18.1. The number of pyridine rings is 1. The maximum Gasteiger partial charge on any atom is 0.274 e. The van der Waals surface area contributed by atoms with Gasteiger partial charge in [-0.3, -0.25) is 4.90 Å². The molecule has 3 heterocycles. The van der Waals surface area contributed by atoms with Crippen LogP contribution in [0, 0.1) is 0 Å². The van der Waals surface area contributed by atoms with E-state index in [1.54, 1.807) is 16.6 Å². The zero-order valence-corrected chi connectivity index (χ0v) is 15.9. The second-order valence-corrected chi connectivity index (χ2v) is 9.15. The summed E-state index contributed by atoms with van der Waals surface area (Å²) in [7, 11) is -1.31. The third-order valence-electron chi connectivity index (χ3n) is 5.45. The molecule has 26 heavy (non-hydrogen) atoms. The smallest absolute Gasteiger partial charge is 0.274 e. The minimum atomic E-state index is -3.41. The Hall–Kier alpha value is -1.96. The fraction of sp³-hybridized carbons (Fsp3) is 0.421. The molecule has 0 amide bonds. The molecule has 1 aromatic carbocycles. The first-order chi connectivity index (χ1) is 12.5. The van der Waals surface area contributed by atoms with E-state index in [4.69, 9.17) is 0 Å². The van der Waals surface area contributed by atoms with E-state index in [1.807, 2.05) is 6.07 Å². The van der Waals surface area contributed by atoms with Crippen LogP contribution in [-0.4, -0.2) is 52.5 Å². The monoisotopic (exact) mass is 374 g/mol. The fourth-order valence-corrected chi connectivity index (χ4v) is 5.13. The van der Waals surface area contributed by atoms with Crippen LogP contribution in [0.25, 0.3) is 0 Å². The van der Waals surface area contributed by atoms with Crippen molar-refractivity contribution in [2.75, 3.05) is 44.7 Å². The summed E-state index contributed by atoms with van der Waals surface area (Å²) in [6.45, 7) is 4.65. The van der Waals surface area contributed by atoms with Crippen LogP contribution in [0.5, 0.6) is 0 Å². The van der Waals surface area contributed by atoms with Crippen LogP contribution in [0.15, 0.2) is 47.5 Å². The van der Waals surface area contributed by atoms with Gasteiger partial charge in [-0.25, -0.2) is 13.4 Å². The van der Waals surface area contributed by atoms with Crippen molar-refractivity contribution in [2.45, 2.75) is 17.9 Å². The van der Waals surface area contributed by atoms with Crippen LogP contribution >= 0.6 is 0 Å². The third-order valence-corrected chi connectivity index (χ3v) is 7.35. The molecular weight excluding hydrogens is 348 g/mol. The van der Waals surface area contributed by atoms with Crippen LogP contribution in [0.1, 0.15) is 11.1 Å². The van der Waals surface area contributed by atoms with Gasteiger partial charge in [-0.15, -0.1) is 0 Å². The number of anilines is 1. The Morgan fingerprint density at radius 1 is 1.00 bits per heavy atom. The maximum absolute atomic E-state index is 12.8. The molecule has 1 fully saturated rings. The van der Waals surface area contributed by atoms with E-state index in [0.717, 1.165) is 38.4 Å². The lowest BCUT2D eigenvalue weighted by atomic mass is 10.00. The van der Waals surface area contributed by atoms with Gasteiger partial charge in [-0.2, -0.15) is 4.31 Å². The third kappa shape index (κ3) is 3.34. The molecule has 0 radical (unpaired) electrons. The van der Waals surface area contributed by atoms with Gasteiger partial charge in [0.05, 0.1) is 39.8 Å². The summed E-state index contributed by atoms with van der Waals surface area (Å²) in [5.41, 5.74) is 2.74. The number of H-pyrrole nitrogens is 1. The molecule has 138 valence electrons. The summed E-state index contributed by atoms with van der Waals surface area (Å²) in [4.78, 5) is 7.19. The summed E-state index contributed by atoms with van der Waals surface area (Å²) >= 11 is 0. The predicted molar refractivity (Wildman–Crippen MR) is 99.6 cm³/mol. The fourth-order valence-electron chi connectivity index (χ4n) is 3.72. The molecule has 0 unspecified atom stereocenters. The van der Waals surface area contributed by atoms with E-state index in [-0.39, 0.29) is 0 Å². The number of hydrogen-bond acceptors (Lipinski definition) is 3. The molecule has 2 aliphatic rings. The van der Waals surface area contributed by atoms with Gasteiger partial charge in [-0.1, -0.05) is 24.3 Å². The number of likely N-dealkylation sites (N-methyl/N-ethyl adjacent to an activating group) is 1. The molecule has 4 rings (SSSR count). The van der Waals surface area contributed by atoms with Gasteiger partial charge < -0.3 is 4.90 Å². The van der Waals surface area contributed by atoms with E-state index in [2.05, 4.69) is 41.2 Å². The molecule has 7 heteroatoms. The van der Waals surface area contributed by atoms with Crippen LogP contribution in [0.3, 0.4) is 0 Å². The molecule has 0 atom stereocenters. The summed E-state index contributed by atoms with van der Waals surface area (Å²) < 4.78 is 27.3. The molecule has 6 nitrogen and oxygen atoms in total. The molecule has 1 saturated heterocycles. The zero-order valence-electron chi connectivity index (χ0n) is 15.1. The van der Waals surface area contributed by atoms with Gasteiger partial charge in [0, 0.05) is 12.5 Å². The van der Waals surface area contributed by atoms with Crippen LogP contribution < -0.4 is 14.8 Å². The van der Waals surface area contributed by atoms with Crippen molar-refractivity contribution >= 4 is 15.8 Å². The summed E-state index contributed by atoms with van der Waals surface area (Å²) in [6, 6.07) is 12.1. The molecule has 0 aliphatic carbocycles. The second-order valence-electron chi connectivity index (χ2n) is 7.21. The Morgan fingerprint density at radius 3 is 2.42 bits per heavy atom. The van der Waals surface area contributed by atoms with E-state index in [0.29, 0.717) is 18.0 Å². The van der Waals surface area contributed by atoms with Gasteiger partial charge >= 0.3 is 0 Å². The van der Waals surface area contributed by atoms with E-state index < -0.39 is 10.0 Å². The first-order valence-corrected chi connectivity index (χ1v) is 10.6. The van der Waals surface area contributed by atoms with E-state index in [9.17, 15) is 8.42 Å². The van der Waals surface area contributed by atoms with Crippen molar-refractivity contribution in [1.82, 2.24) is 4.31 Å². The number of rotatable bonds is 3. The second kappa shape index (κ2) is 6.98. The molecule has 0 saturated carbocycles. The van der Waals surface area contributed by atoms with Crippen LogP contribution in [0.2, 0.25) is 0 Å². The van der Waals surface area contributed by atoms with Gasteiger partial charge in [0.2, 0.25) is 10.0 Å². The number of sulfonamides is 1. The molecular formula is C19H26N4O2S+2. The Balaban J connectivity index is 1.50. The maximum atomic E-state index is 12.8. The van der Waals surface area contributed by atoms with Gasteiger partial charge in [-0.05, 0) is 17.2 Å².